The number of hydrogen-bond acceptors (Lipinski definition) is 7. The summed E-state index contributed by atoms with van der Waals surface area (Å²) in [5.41, 5.74) is 1.90. The molecule has 0 amide bonds. The summed E-state index contributed by atoms with van der Waals surface area (Å²) in [6.07, 6.45) is 0. The average molecular weight is 378 g/mol. The van der Waals surface area contributed by atoms with Crippen molar-refractivity contribution in [3.63, 3.8) is 0 Å². The maximum atomic E-state index is 12.9. The molecule has 1 aromatic heterocycles. The number of anilines is 3. The van der Waals surface area contributed by atoms with Crippen LogP contribution in [0.4, 0.5) is 16.6 Å². The van der Waals surface area contributed by atoms with Crippen LogP contribution in [0, 0.1) is 11.3 Å². The minimum atomic E-state index is -0.122. The quantitative estimate of drug-likeness (QED) is 0.652. The topological polar surface area (TPSA) is 78.2 Å². The number of ketones is 1. The Morgan fingerprint density at radius 1 is 1.15 bits per heavy atom. The number of nitrogens with zero attached hydrogens (tertiary/aromatic N) is 3. The first-order chi connectivity index (χ1) is 13.0. The van der Waals surface area contributed by atoms with Crippen LogP contribution in [0.3, 0.4) is 0 Å². The maximum absolute atomic E-state index is 12.9. The van der Waals surface area contributed by atoms with Crippen LogP contribution in [0.25, 0.3) is 0 Å². The second-order valence-corrected chi connectivity index (χ2v) is 6.94. The molecule has 0 atom stereocenters. The third-order valence-corrected chi connectivity index (χ3v) is 4.82. The van der Waals surface area contributed by atoms with Crippen molar-refractivity contribution in [2.24, 2.45) is 0 Å². The van der Waals surface area contributed by atoms with Gasteiger partial charge < -0.3 is 15.0 Å². The molecule has 0 saturated carbocycles. The fourth-order valence-electron chi connectivity index (χ4n) is 2.44. The highest BCUT2D eigenvalue weighted by Crippen LogP contribution is 2.33. The lowest BCUT2D eigenvalue weighted by atomic mass is 10.1. The van der Waals surface area contributed by atoms with E-state index in [2.05, 4.69) is 16.4 Å². The molecule has 1 N–H and O–H groups in total. The summed E-state index contributed by atoms with van der Waals surface area (Å²) in [5, 5.41) is 12.8. The lowest BCUT2D eigenvalue weighted by Gasteiger charge is -2.10. The number of rotatable bonds is 6. The van der Waals surface area contributed by atoms with Gasteiger partial charge in [-0.3, -0.25) is 4.79 Å². The molecule has 1 heterocycles. The fourth-order valence-corrected chi connectivity index (χ4v) is 3.47. The molecule has 0 bridgehead atoms. The molecule has 2 aromatic carbocycles. The van der Waals surface area contributed by atoms with Gasteiger partial charge in [0, 0.05) is 25.3 Å². The molecule has 0 radical (unpaired) electrons. The molecule has 136 valence electrons. The van der Waals surface area contributed by atoms with Gasteiger partial charge in [-0.1, -0.05) is 11.3 Å². The summed E-state index contributed by atoms with van der Waals surface area (Å²) < 4.78 is 5.16. The van der Waals surface area contributed by atoms with Gasteiger partial charge in [0.1, 0.15) is 10.6 Å². The Labute approximate surface area is 161 Å². The van der Waals surface area contributed by atoms with E-state index >= 15 is 0 Å². The number of nitrogens with one attached hydrogen (secondary N) is 1. The number of ether oxygens (including phenoxy) is 1. The number of aromatic nitrogens is 1. The van der Waals surface area contributed by atoms with Crippen molar-refractivity contribution in [2.75, 3.05) is 31.4 Å². The third kappa shape index (κ3) is 4.07. The standard InChI is InChI=1S/C20H18N4O2S/c1-24(2)19-18(17(25)14-6-4-13(12-21)5-7-14)27-20(23-19)22-15-8-10-16(26-3)11-9-15/h4-11H,1-3H3,(H,22,23). The second kappa shape index (κ2) is 7.89. The van der Waals surface area contributed by atoms with E-state index in [0.29, 0.717) is 27.0 Å². The zero-order chi connectivity index (χ0) is 19.4. The predicted octanol–water partition coefficient (Wildman–Crippen LogP) is 4.06. The van der Waals surface area contributed by atoms with E-state index in [1.54, 1.807) is 31.4 Å². The van der Waals surface area contributed by atoms with Gasteiger partial charge in [0.2, 0.25) is 5.78 Å². The van der Waals surface area contributed by atoms with Crippen LogP contribution >= 0.6 is 11.3 Å². The molecule has 3 rings (SSSR count). The summed E-state index contributed by atoms with van der Waals surface area (Å²) in [6.45, 7) is 0. The van der Waals surface area contributed by atoms with Crippen molar-refractivity contribution in [1.29, 1.82) is 5.26 Å². The van der Waals surface area contributed by atoms with E-state index in [1.165, 1.54) is 11.3 Å². The molecular weight excluding hydrogens is 360 g/mol. The van der Waals surface area contributed by atoms with Crippen LogP contribution < -0.4 is 15.0 Å². The van der Waals surface area contributed by atoms with Crippen molar-refractivity contribution in [2.45, 2.75) is 0 Å². The van der Waals surface area contributed by atoms with Crippen LogP contribution in [-0.2, 0) is 0 Å². The maximum Gasteiger partial charge on any atom is 0.206 e. The lowest BCUT2D eigenvalue weighted by molar-refractivity contribution is 0.104. The SMILES string of the molecule is COc1ccc(Nc2nc(N(C)C)c(C(=O)c3ccc(C#N)cc3)s2)cc1. The Kier molecular flexibility index (Phi) is 5.38. The number of thiazole rings is 1. The largest absolute Gasteiger partial charge is 0.497 e. The Morgan fingerprint density at radius 2 is 1.81 bits per heavy atom. The number of benzene rings is 2. The third-order valence-electron chi connectivity index (χ3n) is 3.86. The van der Waals surface area contributed by atoms with E-state index < -0.39 is 0 Å². The molecule has 0 unspecified atom stereocenters. The van der Waals surface area contributed by atoms with E-state index in [0.717, 1.165) is 11.4 Å². The van der Waals surface area contributed by atoms with E-state index in [1.807, 2.05) is 43.3 Å². The van der Waals surface area contributed by atoms with Crippen LogP contribution in [-0.4, -0.2) is 32.0 Å². The van der Waals surface area contributed by atoms with Gasteiger partial charge in [-0.25, -0.2) is 4.98 Å². The number of nitriles is 1. The average Bonchev–Trinajstić information content (AvgIpc) is 3.12. The first-order valence-corrected chi connectivity index (χ1v) is 8.97. The zero-order valence-electron chi connectivity index (χ0n) is 15.2. The van der Waals surface area contributed by atoms with Gasteiger partial charge in [0.25, 0.3) is 0 Å². The van der Waals surface area contributed by atoms with Gasteiger partial charge in [-0.15, -0.1) is 0 Å². The highest BCUT2D eigenvalue weighted by molar-refractivity contribution is 7.18. The summed E-state index contributed by atoms with van der Waals surface area (Å²) >= 11 is 1.30. The smallest absolute Gasteiger partial charge is 0.206 e. The molecular formula is C20H18N4O2S. The second-order valence-electron chi connectivity index (χ2n) is 5.94. The molecule has 3 aromatic rings. The van der Waals surface area contributed by atoms with Crippen molar-refractivity contribution in [1.82, 2.24) is 4.98 Å². The first kappa shape index (κ1) is 18.4. The lowest BCUT2D eigenvalue weighted by Crippen LogP contribution is -2.13. The molecule has 0 spiro atoms. The van der Waals surface area contributed by atoms with Gasteiger partial charge >= 0.3 is 0 Å². The number of methoxy groups -OCH3 is 1. The van der Waals surface area contributed by atoms with E-state index in [9.17, 15) is 4.79 Å². The molecule has 0 aliphatic heterocycles. The summed E-state index contributed by atoms with van der Waals surface area (Å²) in [4.78, 5) is 19.8. The van der Waals surface area contributed by atoms with Crippen LogP contribution in [0.1, 0.15) is 20.8 Å². The number of hydrogen-bond donors (Lipinski definition) is 1. The van der Waals surface area contributed by atoms with Crippen molar-refractivity contribution in [3.05, 3.63) is 64.5 Å². The van der Waals surface area contributed by atoms with Gasteiger partial charge in [0.05, 0.1) is 18.7 Å². The van der Waals surface area contributed by atoms with Crippen molar-refractivity contribution < 1.29 is 9.53 Å². The van der Waals surface area contributed by atoms with Gasteiger partial charge in [-0.05, 0) is 48.5 Å². The Hall–Kier alpha value is -3.37. The summed E-state index contributed by atoms with van der Waals surface area (Å²) in [6, 6.07) is 16.1. The Morgan fingerprint density at radius 3 is 2.37 bits per heavy atom. The van der Waals surface area contributed by atoms with Gasteiger partial charge in [-0.2, -0.15) is 5.26 Å². The monoisotopic (exact) mass is 378 g/mol. The Balaban J connectivity index is 1.90. The summed E-state index contributed by atoms with van der Waals surface area (Å²) in [5.74, 6) is 1.25. The molecule has 0 aliphatic rings. The van der Waals surface area contributed by atoms with Crippen molar-refractivity contribution >= 4 is 33.8 Å². The van der Waals surface area contributed by atoms with Crippen molar-refractivity contribution in [3.8, 4) is 11.8 Å². The fraction of sp³-hybridized carbons (Fsp3) is 0.150. The summed E-state index contributed by atoms with van der Waals surface area (Å²) in [7, 11) is 5.32. The minimum Gasteiger partial charge on any atom is -0.497 e. The highest BCUT2D eigenvalue weighted by atomic mass is 32.1. The van der Waals surface area contributed by atoms with E-state index in [-0.39, 0.29) is 5.78 Å². The van der Waals surface area contributed by atoms with Crippen LogP contribution in [0.5, 0.6) is 5.75 Å². The van der Waals surface area contributed by atoms with E-state index in [4.69, 9.17) is 10.00 Å². The molecule has 7 heteroatoms. The normalized spacial score (nSPS) is 10.1. The van der Waals surface area contributed by atoms with Crippen LogP contribution in [0.15, 0.2) is 48.5 Å². The molecule has 6 nitrogen and oxygen atoms in total. The predicted molar refractivity (Wildman–Crippen MR) is 107 cm³/mol. The minimum absolute atomic E-state index is 0.122. The number of carbonyl (C=O) groups excluding carboxylic acids is 1. The molecule has 0 aliphatic carbocycles. The molecule has 0 fully saturated rings. The van der Waals surface area contributed by atoms with Crippen LogP contribution in [0.2, 0.25) is 0 Å². The highest BCUT2D eigenvalue weighted by Gasteiger charge is 2.21. The zero-order valence-corrected chi connectivity index (χ0v) is 16.0. The van der Waals surface area contributed by atoms with Gasteiger partial charge in [0.15, 0.2) is 10.9 Å². The molecule has 27 heavy (non-hydrogen) atoms. The molecule has 0 saturated heterocycles. The first-order valence-electron chi connectivity index (χ1n) is 8.16. The number of carbonyl (C=O) groups is 1. The Bertz CT molecular complexity index is 986.